The van der Waals surface area contributed by atoms with Crippen LogP contribution in [-0.4, -0.2) is 50.3 Å². The van der Waals surface area contributed by atoms with Gasteiger partial charge in [-0.15, -0.1) is 0 Å². The summed E-state index contributed by atoms with van der Waals surface area (Å²) in [6.07, 6.45) is 2.53. The smallest absolute Gasteiger partial charge is 0.235 e. The van der Waals surface area contributed by atoms with Gasteiger partial charge in [0.15, 0.2) is 0 Å². The molecule has 0 bridgehead atoms. The Bertz CT molecular complexity index is 917. The molecular formula is C27H35ClN2O3. The quantitative estimate of drug-likeness (QED) is 0.590. The van der Waals surface area contributed by atoms with Gasteiger partial charge in [0.05, 0.1) is 5.41 Å². The second kappa shape index (κ2) is 10.9. The van der Waals surface area contributed by atoms with E-state index in [2.05, 4.69) is 24.1 Å². The van der Waals surface area contributed by atoms with Crippen LogP contribution in [0.5, 0.6) is 5.75 Å². The van der Waals surface area contributed by atoms with Gasteiger partial charge in [-0.1, -0.05) is 43.6 Å². The number of nitrogens with zero attached hydrogens (tertiary/aromatic N) is 1. The van der Waals surface area contributed by atoms with Crippen molar-refractivity contribution in [1.82, 2.24) is 4.90 Å². The molecule has 2 aliphatic rings. The Hall–Kier alpha value is -2.08. The van der Waals surface area contributed by atoms with Gasteiger partial charge in [-0.05, 0) is 67.0 Å². The summed E-state index contributed by atoms with van der Waals surface area (Å²) in [5.41, 5.74) is 0.937. The van der Waals surface area contributed by atoms with Crippen molar-refractivity contribution in [2.75, 3.05) is 44.8 Å². The molecule has 178 valence electrons. The number of nitrogens with one attached hydrogen (secondary N) is 1. The van der Waals surface area contributed by atoms with Gasteiger partial charge < -0.3 is 14.8 Å². The maximum atomic E-state index is 13.5. The molecule has 0 saturated carbocycles. The van der Waals surface area contributed by atoms with Gasteiger partial charge in [0.25, 0.3) is 0 Å². The zero-order valence-corrected chi connectivity index (χ0v) is 20.4. The third kappa shape index (κ3) is 5.89. The average Bonchev–Trinajstić information content (AvgIpc) is 2.80. The summed E-state index contributed by atoms with van der Waals surface area (Å²) in [5.74, 6) is 2.28. The normalized spacial score (nSPS) is 23.1. The fourth-order valence-electron chi connectivity index (χ4n) is 5.34. The first-order valence-corrected chi connectivity index (χ1v) is 12.4. The SMILES string of the molecule is CC1CC(C)CN(CCOc2ccc(NC(=O)C3(c4ccccc4Cl)CCOCC3)cc2)C1. The first-order chi connectivity index (χ1) is 16.0. The van der Waals surface area contributed by atoms with E-state index in [0.29, 0.717) is 37.7 Å². The first-order valence-electron chi connectivity index (χ1n) is 12.1. The van der Waals surface area contributed by atoms with Gasteiger partial charge in [0.1, 0.15) is 12.4 Å². The van der Waals surface area contributed by atoms with Crippen LogP contribution < -0.4 is 10.1 Å². The molecule has 6 heteroatoms. The van der Waals surface area contributed by atoms with E-state index in [1.54, 1.807) is 0 Å². The van der Waals surface area contributed by atoms with Crippen LogP contribution in [0.4, 0.5) is 5.69 Å². The largest absolute Gasteiger partial charge is 0.492 e. The topological polar surface area (TPSA) is 50.8 Å². The number of benzene rings is 2. The van der Waals surface area contributed by atoms with Crippen LogP contribution in [0.1, 0.15) is 38.7 Å². The highest BCUT2D eigenvalue weighted by molar-refractivity contribution is 6.31. The van der Waals surface area contributed by atoms with E-state index in [4.69, 9.17) is 21.1 Å². The number of likely N-dealkylation sites (tertiary alicyclic amines) is 1. The van der Waals surface area contributed by atoms with Gasteiger partial charge in [0.2, 0.25) is 5.91 Å². The molecule has 0 aromatic heterocycles. The molecule has 2 unspecified atom stereocenters. The molecule has 0 radical (unpaired) electrons. The Kier molecular flexibility index (Phi) is 7.94. The number of ether oxygens (including phenoxy) is 2. The van der Waals surface area contributed by atoms with Gasteiger partial charge in [-0.25, -0.2) is 0 Å². The molecule has 2 aromatic rings. The van der Waals surface area contributed by atoms with Crippen LogP contribution in [0.25, 0.3) is 0 Å². The standard InChI is InChI=1S/C27H35ClN2O3/c1-20-17-21(2)19-30(18-20)13-16-33-23-9-7-22(8-10-23)29-26(31)27(11-14-32-15-12-27)24-5-3-4-6-25(24)28/h3-10,20-21H,11-19H2,1-2H3,(H,29,31). The first kappa shape index (κ1) is 24.1. The van der Waals surface area contributed by atoms with Crippen molar-refractivity contribution < 1.29 is 14.3 Å². The third-order valence-corrected chi connectivity index (χ3v) is 7.23. The molecule has 2 atom stereocenters. The zero-order valence-electron chi connectivity index (χ0n) is 19.7. The number of hydrogen-bond acceptors (Lipinski definition) is 4. The van der Waals surface area contributed by atoms with Crippen molar-refractivity contribution in [1.29, 1.82) is 0 Å². The van der Waals surface area contributed by atoms with Gasteiger partial charge in [-0.3, -0.25) is 9.69 Å². The lowest BCUT2D eigenvalue weighted by Gasteiger charge is -2.36. The average molecular weight is 471 g/mol. The van der Waals surface area contributed by atoms with E-state index >= 15 is 0 Å². The number of piperidine rings is 1. The second-order valence-corrected chi connectivity index (χ2v) is 10.1. The Morgan fingerprint density at radius 3 is 2.42 bits per heavy atom. The fourth-order valence-corrected chi connectivity index (χ4v) is 5.66. The second-order valence-electron chi connectivity index (χ2n) is 9.71. The minimum atomic E-state index is -0.686. The summed E-state index contributed by atoms with van der Waals surface area (Å²) in [6, 6.07) is 15.3. The monoisotopic (exact) mass is 470 g/mol. The number of carbonyl (C=O) groups excluding carboxylic acids is 1. The van der Waals surface area contributed by atoms with E-state index in [-0.39, 0.29) is 5.91 Å². The van der Waals surface area contributed by atoms with E-state index < -0.39 is 5.41 Å². The Balaban J connectivity index is 1.36. The number of amides is 1. The molecule has 2 fully saturated rings. The number of anilines is 1. The summed E-state index contributed by atoms with van der Waals surface area (Å²) < 4.78 is 11.5. The highest BCUT2D eigenvalue weighted by atomic mass is 35.5. The minimum Gasteiger partial charge on any atom is -0.492 e. The highest BCUT2D eigenvalue weighted by Crippen LogP contribution is 2.39. The van der Waals surface area contributed by atoms with Crippen molar-refractivity contribution in [3.8, 4) is 5.75 Å². The number of halogens is 1. The summed E-state index contributed by atoms with van der Waals surface area (Å²) in [5, 5.41) is 3.73. The maximum absolute atomic E-state index is 13.5. The maximum Gasteiger partial charge on any atom is 0.235 e. The van der Waals surface area contributed by atoms with Crippen molar-refractivity contribution >= 4 is 23.2 Å². The van der Waals surface area contributed by atoms with E-state index in [9.17, 15) is 4.79 Å². The summed E-state index contributed by atoms with van der Waals surface area (Å²) in [7, 11) is 0. The molecule has 2 aliphatic heterocycles. The molecule has 2 heterocycles. The molecule has 1 amide bonds. The Morgan fingerprint density at radius 1 is 1.09 bits per heavy atom. The van der Waals surface area contributed by atoms with Crippen LogP contribution in [0.15, 0.2) is 48.5 Å². The van der Waals surface area contributed by atoms with Crippen LogP contribution in [-0.2, 0) is 14.9 Å². The lowest BCUT2D eigenvalue weighted by molar-refractivity contribution is -0.125. The minimum absolute atomic E-state index is 0.0408. The molecule has 4 rings (SSSR count). The van der Waals surface area contributed by atoms with Crippen LogP contribution in [0.3, 0.4) is 0 Å². The molecule has 33 heavy (non-hydrogen) atoms. The summed E-state index contributed by atoms with van der Waals surface area (Å²) in [6.45, 7) is 9.64. The van der Waals surface area contributed by atoms with Crippen LogP contribution >= 0.6 is 11.6 Å². The number of hydrogen-bond donors (Lipinski definition) is 1. The summed E-state index contributed by atoms with van der Waals surface area (Å²) in [4.78, 5) is 16.0. The van der Waals surface area contributed by atoms with Gasteiger partial charge >= 0.3 is 0 Å². The highest BCUT2D eigenvalue weighted by Gasteiger charge is 2.43. The van der Waals surface area contributed by atoms with E-state index in [0.717, 1.165) is 48.5 Å². The van der Waals surface area contributed by atoms with Crippen molar-refractivity contribution in [3.05, 3.63) is 59.1 Å². The van der Waals surface area contributed by atoms with Crippen LogP contribution in [0, 0.1) is 11.8 Å². The lowest BCUT2D eigenvalue weighted by Crippen LogP contribution is -2.45. The molecule has 5 nitrogen and oxygen atoms in total. The summed E-state index contributed by atoms with van der Waals surface area (Å²) >= 11 is 6.49. The number of carbonyl (C=O) groups is 1. The fraction of sp³-hybridized carbons (Fsp3) is 0.519. The third-order valence-electron chi connectivity index (χ3n) is 6.90. The molecule has 2 aromatic carbocycles. The zero-order chi connectivity index (χ0) is 23.3. The molecule has 1 N–H and O–H groups in total. The van der Waals surface area contributed by atoms with Gasteiger partial charge in [-0.2, -0.15) is 0 Å². The molecule has 2 saturated heterocycles. The predicted molar refractivity (Wildman–Crippen MR) is 133 cm³/mol. The van der Waals surface area contributed by atoms with Crippen LogP contribution in [0.2, 0.25) is 5.02 Å². The van der Waals surface area contributed by atoms with Crippen molar-refractivity contribution in [3.63, 3.8) is 0 Å². The Labute approximate surface area is 202 Å². The molecule has 0 aliphatic carbocycles. The molecule has 0 spiro atoms. The van der Waals surface area contributed by atoms with E-state index in [1.165, 1.54) is 6.42 Å². The van der Waals surface area contributed by atoms with Crippen molar-refractivity contribution in [2.24, 2.45) is 11.8 Å². The Morgan fingerprint density at radius 2 is 1.76 bits per heavy atom. The number of rotatable bonds is 7. The van der Waals surface area contributed by atoms with Crippen molar-refractivity contribution in [2.45, 2.75) is 38.5 Å². The predicted octanol–water partition coefficient (Wildman–Crippen LogP) is 5.38. The molecular weight excluding hydrogens is 436 g/mol. The lowest BCUT2D eigenvalue weighted by atomic mass is 9.73. The van der Waals surface area contributed by atoms with E-state index in [1.807, 2.05) is 48.5 Å². The van der Waals surface area contributed by atoms with Gasteiger partial charge in [0, 0.05) is 43.6 Å².